The lowest BCUT2D eigenvalue weighted by molar-refractivity contribution is -0.149. The molecule has 1 N–H and O–H groups in total. The Morgan fingerprint density at radius 2 is 1.81 bits per heavy atom. The van der Waals surface area contributed by atoms with E-state index in [1.54, 1.807) is 12.1 Å². The summed E-state index contributed by atoms with van der Waals surface area (Å²) in [6, 6.07) is 4.22. The van der Waals surface area contributed by atoms with Crippen LogP contribution in [0.2, 0.25) is 0 Å². The lowest BCUT2D eigenvalue weighted by Crippen LogP contribution is -2.43. The minimum Gasteiger partial charge on any atom is -0.341 e. The van der Waals surface area contributed by atoms with E-state index >= 15 is 0 Å². The first-order chi connectivity index (χ1) is 7.30. The molecule has 0 heterocycles. The highest BCUT2D eigenvalue weighted by molar-refractivity contribution is 9.10. The van der Waals surface area contributed by atoms with Gasteiger partial charge in [0.15, 0.2) is 0 Å². The molecular weight excluding hydrogens is 287 g/mol. The zero-order chi connectivity index (χ0) is 12.3. The van der Waals surface area contributed by atoms with Crippen LogP contribution in [-0.4, -0.2) is 18.1 Å². The van der Waals surface area contributed by atoms with Gasteiger partial charge >= 0.3 is 6.18 Å². The van der Waals surface area contributed by atoms with Gasteiger partial charge in [-0.1, -0.05) is 15.9 Å². The molecule has 1 aromatic rings. The summed E-state index contributed by atoms with van der Waals surface area (Å²) in [4.78, 5) is 11.4. The highest BCUT2D eigenvalue weighted by atomic mass is 79.9. The van der Waals surface area contributed by atoms with Gasteiger partial charge in [-0.3, -0.25) is 4.79 Å². The van der Waals surface area contributed by atoms with Crippen LogP contribution in [-0.2, 0) is 0 Å². The molecule has 0 saturated carbocycles. The predicted molar refractivity (Wildman–Crippen MR) is 57.1 cm³/mol. The number of amides is 1. The molecule has 0 aliphatic rings. The fourth-order valence-electron chi connectivity index (χ4n) is 0.963. The van der Waals surface area contributed by atoms with Gasteiger partial charge in [0.05, 0.1) is 0 Å². The van der Waals surface area contributed by atoms with Crippen LogP contribution >= 0.6 is 15.9 Å². The summed E-state index contributed by atoms with van der Waals surface area (Å²) < 4.78 is 37.3. The molecule has 2 nitrogen and oxygen atoms in total. The number of benzene rings is 1. The van der Waals surface area contributed by atoms with Crippen molar-refractivity contribution in [2.24, 2.45) is 0 Å². The second-order valence-electron chi connectivity index (χ2n) is 3.24. The van der Waals surface area contributed by atoms with Crippen molar-refractivity contribution >= 4 is 21.8 Å². The molecule has 6 heteroatoms. The molecule has 16 heavy (non-hydrogen) atoms. The van der Waals surface area contributed by atoms with Crippen molar-refractivity contribution in [2.45, 2.75) is 19.1 Å². The fourth-order valence-corrected chi connectivity index (χ4v) is 1.23. The number of alkyl halides is 3. The van der Waals surface area contributed by atoms with Crippen LogP contribution in [0.25, 0.3) is 0 Å². The summed E-state index contributed by atoms with van der Waals surface area (Å²) in [5, 5.41) is 1.88. The molecule has 1 aromatic carbocycles. The van der Waals surface area contributed by atoms with Crippen LogP contribution in [0.1, 0.15) is 17.3 Å². The van der Waals surface area contributed by atoms with E-state index in [2.05, 4.69) is 15.9 Å². The first kappa shape index (κ1) is 13.0. The summed E-state index contributed by atoms with van der Waals surface area (Å²) in [7, 11) is 0. The van der Waals surface area contributed by atoms with Crippen molar-refractivity contribution in [1.29, 1.82) is 0 Å². The van der Waals surface area contributed by atoms with E-state index in [0.717, 1.165) is 11.4 Å². The van der Waals surface area contributed by atoms with E-state index < -0.39 is 18.1 Å². The van der Waals surface area contributed by atoms with Crippen molar-refractivity contribution in [3.8, 4) is 0 Å². The van der Waals surface area contributed by atoms with E-state index in [1.807, 2.05) is 5.32 Å². The molecule has 0 spiro atoms. The Hall–Kier alpha value is -1.04. The van der Waals surface area contributed by atoms with Crippen LogP contribution in [0.15, 0.2) is 28.7 Å². The molecule has 0 unspecified atom stereocenters. The molecule has 1 atom stereocenters. The van der Waals surface area contributed by atoms with Gasteiger partial charge in [0, 0.05) is 10.0 Å². The monoisotopic (exact) mass is 295 g/mol. The number of hydrogen-bond donors (Lipinski definition) is 1. The second-order valence-corrected chi connectivity index (χ2v) is 4.16. The molecule has 88 valence electrons. The first-order valence-corrected chi connectivity index (χ1v) is 5.23. The predicted octanol–water partition coefficient (Wildman–Crippen LogP) is 3.13. The van der Waals surface area contributed by atoms with Crippen LogP contribution in [0.5, 0.6) is 0 Å². The molecule has 0 bridgehead atoms. The molecule has 1 rings (SSSR count). The van der Waals surface area contributed by atoms with Crippen molar-refractivity contribution in [2.75, 3.05) is 0 Å². The summed E-state index contributed by atoms with van der Waals surface area (Å²) in [6.07, 6.45) is -4.43. The maximum absolute atomic E-state index is 12.2. The Bertz CT molecular complexity index is 375. The van der Waals surface area contributed by atoms with E-state index in [4.69, 9.17) is 0 Å². The van der Waals surface area contributed by atoms with E-state index in [0.29, 0.717) is 0 Å². The van der Waals surface area contributed by atoms with Gasteiger partial charge in [-0.25, -0.2) is 0 Å². The summed E-state index contributed by atoms with van der Waals surface area (Å²) in [6.45, 7) is 0.900. The summed E-state index contributed by atoms with van der Waals surface area (Å²) >= 11 is 3.17. The second kappa shape index (κ2) is 4.86. The Morgan fingerprint density at radius 1 is 1.31 bits per heavy atom. The maximum atomic E-state index is 12.2. The highest BCUT2D eigenvalue weighted by Gasteiger charge is 2.37. The zero-order valence-corrected chi connectivity index (χ0v) is 9.89. The number of carbonyl (C=O) groups excluding carboxylic acids is 1. The third-order valence-electron chi connectivity index (χ3n) is 1.95. The lowest BCUT2D eigenvalue weighted by atomic mass is 10.2. The van der Waals surface area contributed by atoms with Gasteiger partial charge in [0.1, 0.15) is 6.04 Å². The van der Waals surface area contributed by atoms with Crippen molar-refractivity contribution in [3.05, 3.63) is 34.3 Å². The van der Waals surface area contributed by atoms with Crippen LogP contribution in [0.3, 0.4) is 0 Å². The van der Waals surface area contributed by atoms with Gasteiger partial charge < -0.3 is 5.32 Å². The number of halogens is 4. The smallest absolute Gasteiger partial charge is 0.341 e. The van der Waals surface area contributed by atoms with Gasteiger partial charge in [-0.05, 0) is 31.2 Å². The largest absolute Gasteiger partial charge is 0.408 e. The highest BCUT2D eigenvalue weighted by Crippen LogP contribution is 2.20. The Morgan fingerprint density at radius 3 is 2.25 bits per heavy atom. The third kappa shape index (κ3) is 3.52. The van der Waals surface area contributed by atoms with E-state index in [-0.39, 0.29) is 5.56 Å². The van der Waals surface area contributed by atoms with E-state index in [9.17, 15) is 18.0 Å². The topological polar surface area (TPSA) is 29.1 Å². The van der Waals surface area contributed by atoms with Gasteiger partial charge in [0.2, 0.25) is 0 Å². The average Bonchev–Trinajstić information content (AvgIpc) is 2.17. The number of carbonyl (C=O) groups is 1. The van der Waals surface area contributed by atoms with E-state index in [1.165, 1.54) is 12.1 Å². The van der Waals surface area contributed by atoms with Crippen molar-refractivity contribution in [1.82, 2.24) is 5.32 Å². The van der Waals surface area contributed by atoms with Gasteiger partial charge in [-0.2, -0.15) is 13.2 Å². The third-order valence-corrected chi connectivity index (χ3v) is 2.47. The van der Waals surface area contributed by atoms with Crippen molar-refractivity contribution < 1.29 is 18.0 Å². The van der Waals surface area contributed by atoms with Gasteiger partial charge in [-0.15, -0.1) is 0 Å². The SMILES string of the molecule is C[C@@H](NC(=O)c1ccc(Br)cc1)C(F)(F)F. The first-order valence-electron chi connectivity index (χ1n) is 4.44. The molecule has 0 aliphatic carbocycles. The number of rotatable bonds is 2. The fraction of sp³-hybridized carbons (Fsp3) is 0.300. The normalized spacial score (nSPS) is 13.3. The maximum Gasteiger partial charge on any atom is 0.408 e. The van der Waals surface area contributed by atoms with Crippen LogP contribution in [0.4, 0.5) is 13.2 Å². The molecule has 0 fully saturated rings. The van der Waals surface area contributed by atoms with Crippen LogP contribution < -0.4 is 5.32 Å². The molecule has 0 radical (unpaired) electrons. The average molecular weight is 296 g/mol. The molecule has 1 amide bonds. The molecule has 0 aromatic heterocycles. The Balaban J connectivity index is 2.70. The quantitative estimate of drug-likeness (QED) is 0.892. The number of nitrogens with one attached hydrogen (secondary N) is 1. The minimum atomic E-state index is -4.43. The Labute approximate surface area is 99.0 Å². The molecule has 0 aliphatic heterocycles. The number of hydrogen-bond acceptors (Lipinski definition) is 1. The van der Waals surface area contributed by atoms with Gasteiger partial charge in [0.25, 0.3) is 5.91 Å². The summed E-state index contributed by atoms with van der Waals surface area (Å²) in [5.74, 6) is -0.739. The van der Waals surface area contributed by atoms with Crippen molar-refractivity contribution in [3.63, 3.8) is 0 Å². The zero-order valence-electron chi connectivity index (χ0n) is 8.31. The lowest BCUT2D eigenvalue weighted by Gasteiger charge is -2.17. The summed E-state index contributed by atoms with van der Waals surface area (Å²) in [5.41, 5.74) is 0.194. The molecule has 0 saturated heterocycles. The minimum absolute atomic E-state index is 0.194. The standard InChI is InChI=1S/C10H9BrF3NO/c1-6(10(12,13)14)15-9(16)7-2-4-8(11)5-3-7/h2-6H,1H3,(H,15,16)/t6-/m1/s1. The molecular formula is C10H9BrF3NO. The Kier molecular flexibility index (Phi) is 3.96. The van der Waals surface area contributed by atoms with Crippen LogP contribution in [0, 0.1) is 0 Å².